The van der Waals surface area contributed by atoms with Gasteiger partial charge in [0.2, 0.25) is 0 Å². The molecular formula is C18H31N. The van der Waals surface area contributed by atoms with Crippen molar-refractivity contribution in [1.82, 2.24) is 5.32 Å². The Kier molecular flexibility index (Phi) is 7.15. The summed E-state index contributed by atoms with van der Waals surface area (Å²) in [6, 6.07) is 9.24. The largest absolute Gasteiger partial charge is 0.316 e. The summed E-state index contributed by atoms with van der Waals surface area (Å²) in [5.41, 5.74) is 3.35. The van der Waals surface area contributed by atoms with Gasteiger partial charge in [0.05, 0.1) is 0 Å². The molecule has 108 valence electrons. The number of hydrogen-bond donors (Lipinski definition) is 1. The van der Waals surface area contributed by atoms with Gasteiger partial charge in [0, 0.05) is 6.54 Å². The van der Waals surface area contributed by atoms with Gasteiger partial charge in [0.25, 0.3) is 0 Å². The van der Waals surface area contributed by atoms with Crippen molar-refractivity contribution >= 4 is 0 Å². The van der Waals surface area contributed by atoms with Crippen molar-refractivity contribution < 1.29 is 0 Å². The molecule has 0 fully saturated rings. The van der Waals surface area contributed by atoms with E-state index in [-0.39, 0.29) is 0 Å². The summed E-state index contributed by atoms with van der Waals surface area (Å²) in [6.07, 6.45) is 6.24. The molecule has 0 atom stereocenters. The number of benzene rings is 1. The zero-order valence-electron chi connectivity index (χ0n) is 13.3. The Labute approximate surface area is 119 Å². The lowest BCUT2D eigenvalue weighted by Crippen LogP contribution is -2.29. The minimum Gasteiger partial charge on any atom is -0.316 e. The van der Waals surface area contributed by atoms with Crippen LogP contribution in [0.15, 0.2) is 24.3 Å². The highest BCUT2D eigenvalue weighted by molar-refractivity contribution is 5.22. The van der Waals surface area contributed by atoms with Gasteiger partial charge in [-0.15, -0.1) is 0 Å². The van der Waals surface area contributed by atoms with Crippen LogP contribution < -0.4 is 5.32 Å². The smallest absolute Gasteiger partial charge is 0.000251 e. The quantitative estimate of drug-likeness (QED) is 0.685. The third-order valence-corrected chi connectivity index (χ3v) is 3.79. The third-order valence-electron chi connectivity index (χ3n) is 3.79. The Morgan fingerprint density at radius 3 is 2.05 bits per heavy atom. The lowest BCUT2D eigenvalue weighted by molar-refractivity contribution is 0.318. The molecule has 0 aromatic heterocycles. The summed E-state index contributed by atoms with van der Waals surface area (Å²) in [5, 5.41) is 3.46. The molecule has 0 radical (unpaired) electrons. The lowest BCUT2D eigenvalue weighted by Gasteiger charge is -2.24. The van der Waals surface area contributed by atoms with Crippen LogP contribution in [0, 0.1) is 5.41 Å². The number of rotatable bonds is 9. The number of nitrogens with one attached hydrogen (secondary N) is 1. The molecule has 0 aliphatic carbocycles. The number of aryl methyl sites for hydroxylation is 2. The van der Waals surface area contributed by atoms with Gasteiger partial charge in [-0.05, 0) is 48.8 Å². The van der Waals surface area contributed by atoms with E-state index in [0.717, 1.165) is 13.1 Å². The average molecular weight is 261 g/mol. The van der Waals surface area contributed by atoms with Gasteiger partial charge in [0.1, 0.15) is 0 Å². The molecule has 0 saturated heterocycles. The van der Waals surface area contributed by atoms with Crippen LogP contribution in [0.5, 0.6) is 0 Å². The fourth-order valence-electron chi connectivity index (χ4n) is 2.29. The lowest BCUT2D eigenvalue weighted by atomic mass is 9.86. The molecule has 1 aromatic carbocycles. The maximum atomic E-state index is 3.46. The Balaban J connectivity index is 2.40. The summed E-state index contributed by atoms with van der Waals surface area (Å²) < 4.78 is 0. The van der Waals surface area contributed by atoms with Crippen molar-refractivity contribution in [2.45, 2.75) is 59.8 Å². The molecule has 0 spiro atoms. The van der Waals surface area contributed by atoms with Crippen LogP contribution in [0.1, 0.15) is 58.1 Å². The standard InChI is InChI=1S/C18H31N/c1-5-7-8-16-9-11-17(12-10-16)13-14-18(3,4)15-19-6-2/h9-12,19H,5-8,13-15H2,1-4H3. The van der Waals surface area contributed by atoms with E-state index in [1.807, 2.05) is 0 Å². The maximum Gasteiger partial charge on any atom is 0.000251 e. The first-order valence-electron chi connectivity index (χ1n) is 7.86. The Bertz CT molecular complexity index is 337. The average Bonchev–Trinajstić information content (AvgIpc) is 2.42. The normalized spacial score (nSPS) is 11.8. The van der Waals surface area contributed by atoms with Crippen molar-refractivity contribution in [2.24, 2.45) is 5.41 Å². The first-order chi connectivity index (χ1) is 9.07. The topological polar surface area (TPSA) is 12.0 Å². The number of hydrogen-bond acceptors (Lipinski definition) is 1. The van der Waals surface area contributed by atoms with E-state index in [4.69, 9.17) is 0 Å². The molecule has 1 heteroatoms. The number of unbranched alkanes of at least 4 members (excludes halogenated alkanes) is 1. The van der Waals surface area contributed by atoms with Gasteiger partial charge >= 0.3 is 0 Å². The summed E-state index contributed by atoms with van der Waals surface area (Å²) in [4.78, 5) is 0. The fourth-order valence-corrected chi connectivity index (χ4v) is 2.29. The molecule has 1 aromatic rings. The van der Waals surface area contributed by atoms with Crippen LogP contribution in [0.25, 0.3) is 0 Å². The summed E-state index contributed by atoms with van der Waals surface area (Å²) in [5.74, 6) is 0. The van der Waals surface area contributed by atoms with Gasteiger partial charge in [-0.3, -0.25) is 0 Å². The monoisotopic (exact) mass is 261 g/mol. The van der Waals surface area contributed by atoms with E-state index in [2.05, 4.69) is 57.3 Å². The second-order valence-electron chi connectivity index (χ2n) is 6.36. The van der Waals surface area contributed by atoms with Crippen molar-refractivity contribution in [2.75, 3.05) is 13.1 Å². The second-order valence-corrected chi connectivity index (χ2v) is 6.36. The molecule has 19 heavy (non-hydrogen) atoms. The molecular weight excluding hydrogens is 230 g/mol. The van der Waals surface area contributed by atoms with E-state index >= 15 is 0 Å². The first kappa shape index (κ1) is 16.2. The molecule has 0 aliphatic heterocycles. The highest BCUT2D eigenvalue weighted by atomic mass is 14.9. The molecule has 0 unspecified atom stereocenters. The van der Waals surface area contributed by atoms with Crippen LogP contribution in [-0.4, -0.2) is 13.1 Å². The summed E-state index contributed by atoms with van der Waals surface area (Å²) in [6.45, 7) is 11.3. The SMILES string of the molecule is CCCCc1ccc(CCC(C)(C)CNCC)cc1. The zero-order valence-corrected chi connectivity index (χ0v) is 13.3. The van der Waals surface area contributed by atoms with Gasteiger partial charge in [-0.25, -0.2) is 0 Å². The first-order valence-corrected chi connectivity index (χ1v) is 7.86. The molecule has 1 nitrogen and oxygen atoms in total. The molecule has 1 N–H and O–H groups in total. The maximum absolute atomic E-state index is 3.46. The van der Waals surface area contributed by atoms with Crippen molar-refractivity contribution in [1.29, 1.82) is 0 Å². The van der Waals surface area contributed by atoms with Crippen molar-refractivity contribution in [3.05, 3.63) is 35.4 Å². The summed E-state index contributed by atoms with van der Waals surface area (Å²) >= 11 is 0. The Morgan fingerprint density at radius 1 is 0.947 bits per heavy atom. The molecule has 0 saturated carbocycles. The molecule has 0 amide bonds. The molecule has 0 heterocycles. The second kappa shape index (κ2) is 8.37. The highest BCUT2D eigenvalue weighted by Gasteiger charge is 2.16. The van der Waals surface area contributed by atoms with Crippen LogP contribution in [0.4, 0.5) is 0 Å². The van der Waals surface area contributed by atoms with E-state index in [0.29, 0.717) is 5.41 Å². The van der Waals surface area contributed by atoms with Gasteiger partial charge in [0.15, 0.2) is 0 Å². The minimum atomic E-state index is 0.386. The zero-order chi connectivity index (χ0) is 14.1. The van der Waals surface area contributed by atoms with Crippen LogP contribution in [0.3, 0.4) is 0 Å². The van der Waals surface area contributed by atoms with Crippen LogP contribution in [-0.2, 0) is 12.8 Å². The fraction of sp³-hybridized carbons (Fsp3) is 0.667. The van der Waals surface area contributed by atoms with Crippen molar-refractivity contribution in [3.63, 3.8) is 0 Å². The van der Waals surface area contributed by atoms with Gasteiger partial charge < -0.3 is 5.32 Å². The molecule has 0 aliphatic rings. The predicted octanol–water partition coefficient (Wildman–Crippen LogP) is 4.60. The van der Waals surface area contributed by atoms with Crippen LogP contribution >= 0.6 is 0 Å². The van der Waals surface area contributed by atoms with Crippen LogP contribution in [0.2, 0.25) is 0 Å². The molecule has 1 rings (SSSR count). The third kappa shape index (κ3) is 6.77. The Hall–Kier alpha value is -0.820. The van der Waals surface area contributed by atoms with Crippen molar-refractivity contribution in [3.8, 4) is 0 Å². The summed E-state index contributed by atoms with van der Waals surface area (Å²) in [7, 11) is 0. The van der Waals surface area contributed by atoms with Gasteiger partial charge in [-0.1, -0.05) is 58.4 Å². The Morgan fingerprint density at radius 2 is 1.53 bits per heavy atom. The van der Waals surface area contributed by atoms with Gasteiger partial charge in [-0.2, -0.15) is 0 Å². The minimum absolute atomic E-state index is 0.386. The van der Waals surface area contributed by atoms with E-state index < -0.39 is 0 Å². The molecule has 0 bridgehead atoms. The van der Waals surface area contributed by atoms with E-state index in [9.17, 15) is 0 Å². The van der Waals surface area contributed by atoms with E-state index in [1.54, 1.807) is 0 Å². The predicted molar refractivity (Wildman–Crippen MR) is 85.7 cm³/mol. The van der Waals surface area contributed by atoms with E-state index in [1.165, 1.54) is 43.2 Å². The highest BCUT2D eigenvalue weighted by Crippen LogP contribution is 2.22.